The van der Waals surface area contributed by atoms with Crippen LogP contribution < -0.4 is 14.8 Å². The molecule has 146 valence electrons. The van der Waals surface area contributed by atoms with Gasteiger partial charge in [0.2, 0.25) is 5.91 Å². The number of benzene rings is 2. The third-order valence-electron chi connectivity index (χ3n) is 3.59. The minimum absolute atomic E-state index is 0.00722. The Balaban J connectivity index is 1.63. The van der Waals surface area contributed by atoms with Crippen LogP contribution >= 0.6 is 22.9 Å². The van der Waals surface area contributed by atoms with Crippen molar-refractivity contribution in [1.82, 2.24) is 4.98 Å². The van der Waals surface area contributed by atoms with E-state index in [0.29, 0.717) is 22.2 Å². The maximum atomic E-state index is 12.4. The number of amides is 1. The fourth-order valence-electron chi connectivity index (χ4n) is 2.30. The first-order chi connectivity index (χ1) is 13.4. The van der Waals surface area contributed by atoms with E-state index in [4.69, 9.17) is 16.3 Å². The molecule has 0 spiro atoms. The number of carbonyl (C=O) groups is 1. The van der Waals surface area contributed by atoms with Crippen LogP contribution in [0.4, 0.5) is 10.8 Å². The monoisotopic (exact) mass is 437 g/mol. The van der Waals surface area contributed by atoms with Gasteiger partial charge in [-0.25, -0.2) is 13.4 Å². The molecule has 28 heavy (non-hydrogen) atoms. The Morgan fingerprint density at radius 1 is 1.21 bits per heavy atom. The summed E-state index contributed by atoms with van der Waals surface area (Å²) < 4.78 is 32.3. The number of methoxy groups -OCH3 is 1. The molecule has 0 saturated carbocycles. The second-order valence-corrected chi connectivity index (χ2v) is 8.64. The number of halogens is 1. The molecule has 2 aromatic carbocycles. The van der Waals surface area contributed by atoms with Crippen LogP contribution in [0.5, 0.6) is 5.75 Å². The van der Waals surface area contributed by atoms with Crippen molar-refractivity contribution in [2.45, 2.75) is 11.3 Å². The Bertz CT molecular complexity index is 1080. The molecule has 1 aromatic heterocycles. The van der Waals surface area contributed by atoms with E-state index in [9.17, 15) is 13.2 Å². The van der Waals surface area contributed by atoms with E-state index < -0.39 is 10.0 Å². The van der Waals surface area contributed by atoms with E-state index in [0.717, 1.165) is 11.3 Å². The Kier molecular flexibility index (Phi) is 6.18. The summed E-state index contributed by atoms with van der Waals surface area (Å²) in [4.78, 5) is 16.4. The molecular weight excluding hydrogens is 422 g/mol. The van der Waals surface area contributed by atoms with Gasteiger partial charge in [0.25, 0.3) is 10.0 Å². The number of nitrogens with one attached hydrogen (secondary N) is 2. The molecule has 7 nitrogen and oxygen atoms in total. The normalized spacial score (nSPS) is 11.1. The van der Waals surface area contributed by atoms with Gasteiger partial charge in [-0.1, -0.05) is 17.7 Å². The van der Waals surface area contributed by atoms with Gasteiger partial charge in [0, 0.05) is 16.1 Å². The van der Waals surface area contributed by atoms with Crippen LogP contribution in [0.15, 0.2) is 58.8 Å². The van der Waals surface area contributed by atoms with E-state index in [1.54, 1.807) is 41.8 Å². The Morgan fingerprint density at radius 2 is 1.96 bits per heavy atom. The van der Waals surface area contributed by atoms with E-state index in [1.807, 2.05) is 0 Å². The zero-order valence-electron chi connectivity index (χ0n) is 14.7. The second-order valence-electron chi connectivity index (χ2n) is 5.66. The second kappa shape index (κ2) is 8.59. The van der Waals surface area contributed by atoms with Crippen LogP contribution in [-0.2, 0) is 21.2 Å². The van der Waals surface area contributed by atoms with Gasteiger partial charge in [-0.15, -0.1) is 11.3 Å². The molecule has 1 heterocycles. The SMILES string of the molecule is COc1ccc(S(=O)(=O)Nc2nc(CC(=O)Nc3cccc(Cl)c3)cs2)cc1. The van der Waals surface area contributed by atoms with Gasteiger partial charge >= 0.3 is 0 Å². The molecule has 0 atom stereocenters. The third kappa shape index (κ3) is 5.22. The minimum atomic E-state index is -3.78. The fraction of sp³-hybridized carbons (Fsp3) is 0.111. The number of nitrogens with zero attached hydrogens (tertiary/aromatic N) is 1. The van der Waals surface area contributed by atoms with Gasteiger partial charge in [0.15, 0.2) is 5.13 Å². The van der Waals surface area contributed by atoms with Gasteiger partial charge in [0.1, 0.15) is 5.75 Å². The van der Waals surface area contributed by atoms with Crippen LogP contribution in [0, 0.1) is 0 Å². The largest absolute Gasteiger partial charge is 0.497 e. The number of hydrogen-bond donors (Lipinski definition) is 2. The van der Waals surface area contributed by atoms with Crippen LogP contribution in [0.1, 0.15) is 5.69 Å². The molecule has 0 aliphatic rings. The van der Waals surface area contributed by atoms with E-state index in [-0.39, 0.29) is 22.4 Å². The molecule has 1 amide bonds. The Labute approximate surface area is 171 Å². The molecule has 0 aliphatic heterocycles. The lowest BCUT2D eigenvalue weighted by Crippen LogP contribution is -2.15. The fourth-order valence-corrected chi connectivity index (χ4v) is 4.45. The molecule has 0 bridgehead atoms. The van der Waals surface area contributed by atoms with Gasteiger partial charge < -0.3 is 10.1 Å². The Hall–Kier alpha value is -2.62. The minimum Gasteiger partial charge on any atom is -0.497 e. The smallest absolute Gasteiger partial charge is 0.263 e. The highest BCUT2D eigenvalue weighted by atomic mass is 35.5. The van der Waals surface area contributed by atoms with Gasteiger partial charge in [-0.2, -0.15) is 0 Å². The van der Waals surface area contributed by atoms with Gasteiger partial charge in [-0.05, 0) is 42.5 Å². The van der Waals surface area contributed by atoms with Crippen molar-refractivity contribution in [3.05, 3.63) is 64.6 Å². The van der Waals surface area contributed by atoms with E-state index in [2.05, 4.69) is 15.0 Å². The van der Waals surface area contributed by atoms with Gasteiger partial charge in [0.05, 0.1) is 24.1 Å². The summed E-state index contributed by atoms with van der Waals surface area (Å²) in [7, 11) is -2.28. The molecule has 3 aromatic rings. The summed E-state index contributed by atoms with van der Waals surface area (Å²) in [6.45, 7) is 0. The summed E-state index contributed by atoms with van der Waals surface area (Å²) in [6, 6.07) is 12.8. The van der Waals surface area contributed by atoms with Crippen LogP contribution in [0.2, 0.25) is 5.02 Å². The quantitative estimate of drug-likeness (QED) is 0.586. The average Bonchev–Trinajstić information content (AvgIpc) is 3.07. The van der Waals surface area contributed by atoms with Crippen LogP contribution in [-0.4, -0.2) is 26.4 Å². The molecule has 2 N–H and O–H groups in total. The predicted octanol–water partition coefficient (Wildman–Crippen LogP) is 3.79. The van der Waals surface area contributed by atoms with Crippen molar-refractivity contribution in [3.8, 4) is 5.75 Å². The topological polar surface area (TPSA) is 97.4 Å². The number of ether oxygens (including phenoxy) is 1. The van der Waals surface area contributed by atoms with Crippen molar-refractivity contribution >= 4 is 49.7 Å². The summed E-state index contributed by atoms with van der Waals surface area (Å²) in [5.74, 6) is 0.276. The van der Waals surface area contributed by atoms with E-state index >= 15 is 0 Å². The molecule has 10 heteroatoms. The highest BCUT2D eigenvalue weighted by Crippen LogP contribution is 2.22. The number of rotatable bonds is 7. The summed E-state index contributed by atoms with van der Waals surface area (Å²) >= 11 is 6.99. The molecule has 3 rings (SSSR count). The van der Waals surface area contributed by atoms with Crippen molar-refractivity contribution < 1.29 is 17.9 Å². The summed E-state index contributed by atoms with van der Waals surface area (Å²) in [5, 5.41) is 5.04. The van der Waals surface area contributed by atoms with Gasteiger partial charge in [-0.3, -0.25) is 9.52 Å². The van der Waals surface area contributed by atoms with Crippen molar-refractivity contribution in [2.24, 2.45) is 0 Å². The average molecular weight is 438 g/mol. The highest BCUT2D eigenvalue weighted by Gasteiger charge is 2.17. The number of aromatic nitrogens is 1. The number of thiazole rings is 1. The Morgan fingerprint density at radius 3 is 2.64 bits per heavy atom. The molecular formula is C18H16ClN3O4S2. The first kappa shape index (κ1) is 20.1. The first-order valence-corrected chi connectivity index (χ1v) is 10.8. The maximum Gasteiger partial charge on any atom is 0.263 e. The summed E-state index contributed by atoms with van der Waals surface area (Å²) in [5.41, 5.74) is 1.03. The predicted molar refractivity (Wildman–Crippen MR) is 110 cm³/mol. The lowest BCUT2D eigenvalue weighted by atomic mass is 10.3. The van der Waals surface area contributed by atoms with Crippen LogP contribution in [0.25, 0.3) is 0 Å². The zero-order chi connectivity index (χ0) is 20.1. The standard InChI is InChI=1S/C18H16ClN3O4S2/c1-26-15-5-7-16(8-6-15)28(24,25)22-18-21-14(11-27-18)10-17(23)20-13-4-2-3-12(19)9-13/h2-9,11H,10H2,1H3,(H,20,23)(H,21,22). The van der Waals surface area contributed by atoms with Crippen molar-refractivity contribution in [3.63, 3.8) is 0 Å². The number of hydrogen-bond acceptors (Lipinski definition) is 6. The lowest BCUT2D eigenvalue weighted by Gasteiger charge is -2.06. The number of sulfonamides is 1. The molecule has 0 fully saturated rings. The maximum absolute atomic E-state index is 12.4. The highest BCUT2D eigenvalue weighted by molar-refractivity contribution is 7.93. The summed E-state index contributed by atoms with van der Waals surface area (Å²) in [6.07, 6.45) is 0.00722. The zero-order valence-corrected chi connectivity index (χ0v) is 17.1. The van der Waals surface area contributed by atoms with Crippen molar-refractivity contribution in [2.75, 3.05) is 17.1 Å². The van der Waals surface area contributed by atoms with Crippen LogP contribution in [0.3, 0.4) is 0 Å². The number of anilines is 2. The first-order valence-electron chi connectivity index (χ1n) is 8.02. The number of carbonyl (C=O) groups excluding carboxylic acids is 1. The molecule has 0 saturated heterocycles. The molecule has 0 unspecified atom stereocenters. The molecule has 0 aliphatic carbocycles. The lowest BCUT2D eigenvalue weighted by molar-refractivity contribution is -0.115. The van der Waals surface area contributed by atoms with E-state index in [1.165, 1.54) is 19.2 Å². The van der Waals surface area contributed by atoms with Crippen molar-refractivity contribution in [1.29, 1.82) is 0 Å². The third-order valence-corrected chi connectivity index (χ3v) is 6.12. The molecule has 0 radical (unpaired) electrons.